The molecule has 1 unspecified atom stereocenters. The number of hydrogen-bond donors (Lipinski definition) is 3. The molecule has 0 fully saturated rings. The van der Waals surface area contributed by atoms with E-state index in [0.717, 1.165) is 27.6 Å². The van der Waals surface area contributed by atoms with Gasteiger partial charge in [0, 0.05) is 0 Å². The summed E-state index contributed by atoms with van der Waals surface area (Å²) in [4.78, 5) is 11.4. The topological polar surface area (TPSA) is 78.8 Å². The highest BCUT2D eigenvalue weighted by Crippen LogP contribution is 2.36. The molecule has 2 aromatic rings. The standard InChI is InChI=1S/C18H18I3NO4/c1-3-22-15(18(24)25)6-10-4-9(2)17(14(21)5-10)26-11-7-12(19)16(23)13(20)8-11/h4-5,7-8,15,22-23H,3,6H2,1-2H3,(H,24,25). The third-order valence-electron chi connectivity index (χ3n) is 3.69. The molecule has 0 radical (unpaired) electrons. The molecule has 0 aliphatic rings. The van der Waals surface area contributed by atoms with E-state index in [0.29, 0.717) is 18.7 Å². The number of aryl methyl sites for hydroxylation is 1. The zero-order chi connectivity index (χ0) is 19.4. The van der Waals surface area contributed by atoms with Crippen LogP contribution in [0, 0.1) is 17.6 Å². The third kappa shape index (κ3) is 5.58. The van der Waals surface area contributed by atoms with Crippen molar-refractivity contribution in [3.8, 4) is 17.2 Å². The van der Waals surface area contributed by atoms with Gasteiger partial charge in [-0.3, -0.25) is 4.79 Å². The first-order chi connectivity index (χ1) is 12.2. The molecule has 0 amide bonds. The zero-order valence-electron chi connectivity index (χ0n) is 14.1. The number of ether oxygens (including phenoxy) is 1. The van der Waals surface area contributed by atoms with E-state index >= 15 is 0 Å². The largest absolute Gasteiger partial charge is 0.506 e. The van der Waals surface area contributed by atoms with Crippen LogP contribution in [0.2, 0.25) is 0 Å². The van der Waals surface area contributed by atoms with Crippen molar-refractivity contribution in [2.75, 3.05) is 6.54 Å². The fraction of sp³-hybridized carbons (Fsp3) is 0.278. The van der Waals surface area contributed by atoms with Crippen LogP contribution in [-0.2, 0) is 11.2 Å². The number of benzene rings is 2. The number of carbonyl (C=O) groups is 1. The molecule has 3 N–H and O–H groups in total. The summed E-state index contributed by atoms with van der Waals surface area (Å²) >= 11 is 6.34. The number of carboxylic acid groups (broad SMARTS) is 1. The molecular weight excluding hydrogens is 675 g/mol. The first kappa shape index (κ1) is 22.0. The van der Waals surface area contributed by atoms with Gasteiger partial charge < -0.3 is 20.3 Å². The Kier molecular flexibility index (Phi) is 8.22. The van der Waals surface area contributed by atoms with Crippen molar-refractivity contribution < 1.29 is 19.7 Å². The molecule has 0 bridgehead atoms. The summed E-state index contributed by atoms with van der Waals surface area (Å²) in [5, 5.41) is 22.2. The van der Waals surface area contributed by atoms with Crippen molar-refractivity contribution in [2.24, 2.45) is 0 Å². The quantitative estimate of drug-likeness (QED) is 0.360. The van der Waals surface area contributed by atoms with Gasteiger partial charge in [-0.1, -0.05) is 13.0 Å². The molecule has 2 rings (SSSR count). The molecule has 8 heteroatoms. The number of phenols is 1. The summed E-state index contributed by atoms with van der Waals surface area (Å²) in [6.45, 7) is 4.44. The van der Waals surface area contributed by atoms with Crippen LogP contribution in [0.4, 0.5) is 0 Å². The zero-order valence-corrected chi connectivity index (χ0v) is 20.6. The molecule has 26 heavy (non-hydrogen) atoms. The van der Waals surface area contributed by atoms with Crippen molar-refractivity contribution in [3.63, 3.8) is 0 Å². The average Bonchev–Trinajstić information content (AvgIpc) is 2.55. The normalized spacial score (nSPS) is 12.0. The molecular formula is C18H18I3NO4. The van der Waals surface area contributed by atoms with E-state index in [9.17, 15) is 15.0 Å². The Morgan fingerprint density at radius 3 is 2.27 bits per heavy atom. The van der Waals surface area contributed by atoms with Gasteiger partial charge in [-0.05, 0) is 117 Å². The second-order valence-corrected chi connectivity index (χ2v) is 9.20. The fourth-order valence-electron chi connectivity index (χ4n) is 2.50. The molecule has 0 aliphatic carbocycles. The Morgan fingerprint density at radius 1 is 1.15 bits per heavy atom. The molecule has 0 saturated carbocycles. The van der Waals surface area contributed by atoms with E-state index < -0.39 is 12.0 Å². The van der Waals surface area contributed by atoms with Crippen LogP contribution < -0.4 is 10.1 Å². The minimum absolute atomic E-state index is 0.253. The van der Waals surface area contributed by atoms with E-state index in [4.69, 9.17) is 4.74 Å². The van der Waals surface area contributed by atoms with Gasteiger partial charge in [0.1, 0.15) is 23.3 Å². The van der Waals surface area contributed by atoms with E-state index in [-0.39, 0.29) is 5.75 Å². The highest BCUT2D eigenvalue weighted by Gasteiger charge is 2.18. The van der Waals surface area contributed by atoms with Gasteiger partial charge in [0.25, 0.3) is 0 Å². The number of nitrogens with one attached hydrogen (secondary N) is 1. The number of hydrogen-bond acceptors (Lipinski definition) is 4. The maximum Gasteiger partial charge on any atom is 0.321 e. The minimum atomic E-state index is -0.854. The number of phenolic OH excluding ortho intramolecular Hbond substituents is 1. The summed E-state index contributed by atoms with van der Waals surface area (Å²) in [5.41, 5.74) is 1.88. The molecule has 140 valence electrons. The van der Waals surface area contributed by atoms with Crippen molar-refractivity contribution in [3.05, 3.63) is 46.1 Å². The monoisotopic (exact) mass is 693 g/mol. The van der Waals surface area contributed by atoms with Crippen LogP contribution in [0.5, 0.6) is 17.2 Å². The van der Waals surface area contributed by atoms with Crippen molar-refractivity contribution in [2.45, 2.75) is 26.3 Å². The molecule has 0 saturated heterocycles. The lowest BCUT2D eigenvalue weighted by molar-refractivity contribution is -0.139. The highest BCUT2D eigenvalue weighted by atomic mass is 127. The van der Waals surface area contributed by atoms with E-state index in [1.54, 1.807) is 12.1 Å². The summed E-state index contributed by atoms with van der Waals surface area (Å²) < 4.78 is 8.42. The molecule has 0 aromatic heterocycles. The second-order valence-electron chi connectivity index (χ2n) is 5.71. The van der Waals surface area contributed by atoms with Crippen LogP contribution in [0.15, 0.2) is 24.3 Å². The van der Waals surface area contributed by atoms with Crippen LogP contribution in [0.3, 0.4) is 0 Å². The molecule has 5 nitrogen and oxygen atoms in total. The summed E-state index contributed by atoms with van der Waals surface area (Å²) in [6, 6.07) is 6.87. The summed E-state index contributed by atoms with van der Waals surface area (Å²) in [5.74, 6) is 0.792. The number of aromatic hydroxyl groups is 1. The lowest BCUT2D eigenvalue weighted by atomic mass is 10.0. The van der Waals surface area contributed by atoms with Gasteiger partial charge in [-0.2, -0.15) is 0 Å². The number of aliphatic carboxylic acids is 1. The van der Waals surface area contributed by atoms with Crippen molar-refractivity contribution >= 4 is 73.7 Å². The first-order valence-electron chi connectivity index (χ1n) is 7.84. The van der Waals surface area contributed by atoms with Crippen LogP contribution in [-0.4, -0.2) is 28.8 Å². The van der Waals surface area contributed by atoms with Crippen molar-refractivity contribution in [1.29, 1.82) is 0 Å². The Morgan fingerprint density at radius 2 is 1.77 bits per heavy atom. The summed E-state index contributed by atoms with van der Waals surface area (Å²) in [6.07, 6.45) is 0.412. The molecule has 0 spiro atoms. The van der Waals surface area contributed by atoms with Crippen LogP contribution in [0.1, 0.15) is 18.1 Å². The average molecular weight is 693 g/mol. The maximum atomic E-state index is 11.4. The van der Waals surface area contributed by atoms with Gasteiger partial charge in [0.2, 0.25) is 0 Å². The van der Waals surface area contributed by atoms with Crippen molar-refractivity contribution in [1.82, 2.24) is 5.32 Å². The van der Waals surface area contributed by atoms with Gasteiger partial charge in [-0.15, -0.1) is 0 Å². The Hall–Kier alpha value is -0.340. The van der Waals surface area contributed by atoms with Crippen LogP contribution >= 0.6 is 67.8 Å². The first-order valence-corrected chi connectivity index (χ1v) is 11.1. The summed E-state index contributed by atoms with van der Waals surface area (Å²) in [7, 11) is 0. The Bertz CT molecular complexity index is 780. The number of rotatable bonds is 7. The third-order valence-corrected chi connectivity index (χ3v) is 6.13. The lowest BCUT2D eigenvalue weighted by Gasteiger charge is -2.17. The smallest absolute Gasteiger partial charge is 0.321 e. The van der Waals surface area contributed by atoms with Crippen LogP contribution in [0.25, 0.3) is 0 Å². The van der Waals surface area contributed by atoms with Gasteiger partial charge >= 0.3 is 5.97 Å². The van der Waals surface area contributed by atoms with E-state index in [1.165, 1.54) is 0 Å². The fourth-order valence-corrected chi connectivity index (χ4v) is 5.14. The Balaban J connectivity index is 2.28. The number of likely N-dealkylation sites (N-methyl/N-ethyl adjacent to an activating group) is 1. The second kappa shape index (κ2) is 9.73. The van der Waals surface area contributed by atoms with Gasteiger partial charge in [0.05, 0.1) is 10.7 Å². The predicted molar refractivity (Wildman–Crippen MR) is 126 cm³/mol. The van der Waals surface area contributed by atoms with Gasteiger partial charge in [0.15, 0.2) is 0 Å². The maximum absolute atomic E-state index is 11.4. The molecule has 0 aliphatic heterocycles. The number of carboxylic acids is 1. The highest BCUT2D eigenvalue weighted by molar-refractivity contribution is 14.1. The SMILES string of the molecule is CCNC(Cc1cc(C)c(Oc2cc(I)c(O)c(I)c2)c(I)c1)C(=O)O. The van der Waals surface area contributed by atoms with E-state index in [2.05, 4.69) is 73.1 Å². The molecule has 2 aromatic carbocycles. The minimum Gasteiger partial charge on any atom is -0.506 e. The predicted octanol–water partition coefficient (Wildman–Crippen LogP) is 4.91. The Labute approximate surface area is 193 Å². The van der Waals surface area contributed by atoms with Gasteiger partial charge in [-0.25, -0.2) is 0 Å². The molecule has 1 atom stereocenters. The molecule has 0 heterocycles. The number of halogens is 3. The lowest BCUT2D eigenvalue weighted by Crippen LogP contribution is -2.38. The van der Waals surface area contributed by atoms with E-state index in [1.807, 2.05) is 26.0 Å².